The van der Waals surface area contributed by atoms with E-state index in [9.17, 15) is 4.79 Å². The lowest BCUT2D eigenvalue weighted by Crippen LogP contribution is -2.15. The number of hydrogen-bond donors (Lipinski definition) is 1. The van der Waals surface area contributed by atoms with Crippen LogP contribution in [0.2, 0.25) is 0 Å². The van der Waals surface area contributed by atoms with Gasteiger partial charge in [0, 0.05) is 12.0 Å². The van der Waals surface area contributed by atoms with Crippen molar-refractivity contribution in [3.8, 4) is 16.9 Å². The van der Waals surface area contributed by atoms with Crippen LogP contribution in [0.3, 0.4) is 0 Å². The molecule has 0 atom stereocenters. The molecule has 1 N–H and O–H groups in total. The van der Waals surface area contributed by atoms with Gasteiger partial charge in [-0.2, -0.15) is 0 Å². The Morgan fingerprint density at radius 1 is 1.03 bits per heavy atom. The standard InChI is InChI=1S/C26H32F2O3/c1-3-5-6-7-8-9-10-17-26(27,28)24-19-22(31-18-4-2)15-16-23(24)20-11-13-21(14-12-20)25(29)30/h4,11-16,19H,2-3,5-10,17-18H2,1H3,(H,29,30). The number of carbonyl (C=O) groups is 1. The fourth-order valence-electron chi connectivity index (χ4n) is 3.55. The van der Waals surface area contributed by atoms with Gasteiger partial charge in [0.05, 0.1) is 5.56 Å². The van der Waals surface area contributed by atoms with E-state index < -0.39 is 11.9 Å². The minimum atomic E-state index is -3.02. The van der Waals surface area contributed by atoms with Crippen molar-refractivity contribution in [3.05, 3.63) is 66.2 Å². The van der Waals surface area contributed by atoms with Crippen LogP contribution in [-0.4, -0.2) is 17.7 Å². The lowest BCUT2D eigenvalue weighted by Gasteiger charge is -2.21. The zero-order valence-corrected chi connectivity index (χ0v) is 18.2. The number of alkyl halides is 2. The van der Waals surface area contributed by atoms with Crippen LogP contribution < -0.4 is 4.74 Å². The Morgan fingerprint density at radius 3 is 2.29 bits per heavy atom. The van der Waals surface area contributed by atoms with E-state index in [2.05, 4.69) is 13.5 Å². The van der Waals surface area contributed by atoms with Gasteiger partial charge in [-0.3, -0.25) is 0 Å². The van der Waals surface area contributed by atoms with Gasteiger partial charge in [0.1, 0.15) is 12.4 Å². The fraction of sp³-hybridized carbons (Fsp3) is 0.423. The van der Waals surface area contributed by atoms with Gasteiger partial charge in [0.25, 0.3) is 5.92 Å². The Morgan fingerprint density at radius 2 is 1.68 bits per heavy atom. The first-order chi connectivity index (χ1) is 14.9. The predicted octanol–water partition coefficient (Wildman–Crippen LogP) is 7.85. The zero-order chi connectivity index (χ0) is 22.7. The number of hydrogen-bond acceptors (Lipinski definition) is 2. The smallest absolute Gasteiger partial charge is 0.335 e. The van der Waals surface area contributed by atoms with E-state index in [1.54, 1.807) is 30.3 Å². The van der Waals surface area contributed by atoms with E-state index in [1.807, 2.05) is 0 Å². The first-order valence-corrected chi connectivity index (χ1v) is 11.0. The summed E-state index contributed by atoms with van der Waals surface area (Å²) in [6.07, 6.45) is 8.15. The van der Waals surface area contributed by atoms with E-state index in [4.69, 9.17) is 9.84 Å². The Balaban J connectivity index is 2.22. The van der Waals surface area contributed by atoms with Crippen LogP contribution in [0.4, 0.5) is 8.78 Å². The predicted molar refractivity (Wildman–Crippen MR) is 121 cm³/mol. The summed E-state index contributed by atoms with van der Waals surface area (Å²) < 4.78 is 36.0. The van der Waals surface area contributed by atoms with Gasteiger partial charge in [0.2, 0.25) is 0 Å². The molecule has 0 fully saturated rings. The van der Waals surface area contributed by atoms with E-state index >= 15 is 8.78 Å². The molecule has 0 bridgehead atoms. The second-order valence-electron chi connectivity index (χ2n) is 7.77. The number of rotatable bonds is 14. The number of unbranched alkanes of at least 4 members (excludes halogenated alkanes) is 6. The molecular weight excluding hydrogens is 398 g/mol. The Bertz CT molecular complexity index is 844. The molecule has 5 heteroatoms. The van der Waals surface area contributed by atoms with Gasteiger partial charge >= 0.3 is 5.97 Å². The molecule has 0 aliphatic rings. The number of benzene rings is 2. The molecule has 0 unspecified atom stereocenters. The Hall–Kier alpha value is -2.69. The van der Waals surface area contributed by atoms with E-state index in [1.165, 1.54) is 31.0 Å². The summed E-state index contributed by atoms with van der Waals surface area (Å²) in [4.78, 5) is 11.1. The molecule has 168 valence electrons. The van der Waals surface area contributed by atoms with E-state index in [0.717, 1.165) is 25.7 Å². The molecule has 0 aromatic heterocycles. The van der Waals surface area contributed by atoms with Gasteiger partial charge < -0.3 is 9.84 Å². The molecule has 0 aliphatic heterocycles. The van der Waals surface area contributed by atoms with Crippen molar-refractivity contribution in [2.24, 2.45) is 0 Å². The van der Waals surface area contributed by atoms with Crippen molar-refractivity contribution in [1.82, 2.24) is 0 Å². The van der Waals surface area contributed by atoms with Crippen molar-refractivity contribution >= 4 is 5.97 Å². The molecule has 2 aromatic rings. The van der Waals surface area contributed by atoms with Crippen molar-refractivity contribution in [2.75, 3.05) is 6.61 Å². The summed E-state index contributed by atoms with van der Waals surface area (Å²) >= 11 is 0. The molecule has 0 spiro atoms. The van der Waals surface area contributed by atoms with Crippen molar-refractivity contribution in [2.45, 2.75) is 64.2 Å². The third-order valence-corrected chi connectivity index (χ3v) is 5.29. The molecule has 3 nitrogen and oxygen atoms in total. The van der Waals surface area contributed by atoms with Crippen LogP contribution in [0.15, 0.2) is 55.1 Å². The highest BCUT2D eigenvalue weighted by molar-refractivity contribution is 5.88. The summed E-state index contributed by atoms with van der Waals surface area (Å²) in [5.74, 6) is -3.71. The largest absolute Gasteiger partial charge is 0.490 e. The number of carboxylic acids is 1. The summed E-state index contributed by atoms with van der Waals surface area (Å²) in [6, 6.07) is 10.6. The van der Waals surface area contributed by atoms with Gasteiger partial charge in [-0.15, -0.1) is 0 Å². The lowest BCUT2D eigenvalue weighted by atomic mass is 9.92. The molecule has 0 amide bonds. The number of halogens is 2. The molecule has 0 saturated carbocycles. The second kappa shape index (κ2) is 12.2. The van der Waals surface area contributed by atoms with Crippen LogP contribution in [0.5, 0.6) is 5.75 Å². The molecule has 0 saturated heterocycles. The van der Waals surface area contributed by atoms with E-state index in [-0.39, 0.29) is 24.2 Å². The van der Waals surface area contributed by atoms with Crippen LogP contribution in [0.1, 0.15) is 74.2 Å². The average Bonchev–Trinajstić information content (AvgIpc) is 2.77. The average molecular weight is 431 g/mol. The van der Waals surface area contributed by atoms with Crippen molar-refractivity contribution in [1.29, 1.82) is 0 Å². The molecule has 0 heterocycles. The zero-order valence-electron chi connectivity index (χ0n) is 18.2. The van der Waals surface area contributed by atoms with Crippen LogP contribution in [0, 0.1) is 0 Å². The van der Waals surface area contributed by atoms with Crippen molar-refractivity contribution < 1.29 is 23.4 Å². The minimum Gasteiger partial charge on any atom is -0.490 e. The van der Waals surface area contributed by atoms with Gasteiger partial charge in [-0.1, -0.05) is 76.3 Å². The highest BCUT2D eigenvalue weighted by Crippen LogP contribution is 2.41. The van der Waals surface area contributed by atoms with Gasteiger partial charge in [0.15, 0.2) is 0 Å². The summed E-state index contributed by atoms with van der Waals surface area (Å²) in [5, 5.41) is 9.09. The summed E-state index contributed by atoms with van der Waals surface area (Å²) in [5.41, 5.74) is 0.958. The molecule has 0 radical (unpaired) electrons. The maximum absolute atomic E-state index is 15.3. The lowest BCUT2D eigenvalue weighted by molar-refractivity contribution is -0.0154. The monoisotopic (exact) mass is 430 g/mol. The molecular formula is C26H32F2O3. The van der Waals surface area contributed by atoms with Crippen LogP contribution in [0.25, 0.3) is 11.1 Å². The Kier molecular flexibility index (Phi) is 9.70. The molecule has 31 heavy (non-hydrogen) atoms. The number of aromatic carboxylic acids is 1. The van der Waals surface area contributed by atoms with Crippen molar-refractivity contribution in [3.63, 3.8) is 0 Å². The summed E-state index contributed by atoms with van der Waals surface area (Å²) in [7, 11) is 0. The van der Waals surface area contributed by atoms with Gasteiger partial charge in [-0.25, -0.2) is 13.6 Å². The Labute approximate surface area is 183 Å². The SMILES string of the molecule is C=CCOc1ccc(-c2ccc(C(=O)O)cc2)c(C(F)(F)CCCCCCCCC)c1. The highest BCUT2D eigenvalue weighted by atomic mass is 19.3. The van der Waals surface area contributed by atoms with E-state index in [0.29, 0.717) is 23.3 Å². The second-order valence-corrected chi connectivity index (χ2v) is 7.77. The first kappa shape index (κ1) is 24.6. The summed E-state index contributed by atoms with van der Waals surface area (Å²) in [6.45, 7) is 5.97. The number of carboxylic acid groups (broad SMARTS) is 1. The number of ether oxygens (including phenoxy) is 1. The quantitative estimate of drug-likeness (QED) is 0.245. The van der Waals surface area contributed by atoms with Gasteiger partial charge in [-0.05, 0) is 41.8 Å². The first-order valence-electron chi connectivity index (χ1n) is 11.0. The fourth-order valence-corrected chi connectivity index (χ4v) is 3.55. The molecule has 0 aliphatic carbocycles. The van der Waals surface area contributed by atoms with Crippen LogP contribution in [-0.2, 0) is 5.92 Å². The van der Waals surface area contributed by atoms with Crippen LogP contribution >= 0.6 is 0 Å². The minimum absolute atomic E-state index is 0.0943. The maximum atomic E-state index is 15.3. The highest BCUT2D eigenvalue weighted by Gasteiger charge is 2.34. The molecule has 2 aromatic carbocycles. The molecule has 2 rings (SSSR count). The third-order valence-electron chi connectivity index (χ3n) is 5.29. The topological polar surface area (TPSA) is 46.5 Å². The third kappa shape index (κ3) is 7.50. The maximum Gasteiger partial charge on any atom is 0.335 e. The normalized spacial score (nSPS) is 11.3.